The summed E-state index contributed by atoms with van der Waals surface area (Å²) in [6.07, 6.45) is -4.13. The summed E-state index contributed by atoms with van der Waals surface area (Å²) >= 11 is 0. The maximum Gasteiger partial charge on any atom is 0.401 e. The van der Waals surface area contributed by atoms with E-state index in [1.807, 2.05) is 0 Å². The summed E-state index contributed by atoms with van der Waals surface area (Å²) in [5.74, 6) is -1.05. The number of alkyl halides is 3. The topological polar surface area (TPSA) is 52.6 Å². The molecule has 0 aliphatic rings. The lowest BCUT2D eigenvalue weighted by Crippen LogP contribution is -2.51. The molecule has 0 aromatic carbocycles. The number of carboxylic acids is 1. The number of halogens is 3. The van der Waals surface area contributed by atoms with Crippen LogP contribution in [-0.2, 0) is 4.79 Å². The second-order valence-electron chi connectivity index (χ2n) is 4.40. The molecule has 18 heavy (non-hydrogen) atoms. The first-order valence-corrected chi connectivity index (χ1v) is 5.92. The fourth-order valence-electron chi connectivity index (χ4n) is 1.65. The van der Waals surface area contributed by atoms with E-state index in [4.69, 9.17) is 5.11 Å². The molecule has 0 spiro atoms. The Kier molecular flexibility index (Phi) is 6.62. The number of hydrogen-bond donors (Lipinski definition) is 2. The molecular formula is C11H21F3N2O2. The van der Waals surface area contributed by atoms with Gasteiger partial charge < -0.3 is 10.4 Å². The lowest BCUT2D eigenvalue weighted by molar-refractivity contribution is -0.148. The summed E-state index contributed by atoms with van der Waals surface area (Å²) < 4.78 is 36.7. The highest BCUT2D eigenvalue weighted by atomic mass is 19.4. The van der Waals surface area contributed by atoms with Gasteiger partial charge in [0.25, 0.3) is 0 Å². The average molecular weight is 270 g/mol. The van der Waals surface area contributed by atoms with Gasteiger partial charge in [-0.25, -0.2) is 0 Å². The highest BCUT2D eigenvalue weighted by Crippen LogP contribution is 2.18. The molecular weight excluding hydrogens is 249 g/mol. The largest absolute Gasteiger partial charge is 0.480 e. The van der Waals surface area contributed by atoms with Crippen molar-refractivity contribution >= 4 is 5.97 Å². The Balaban J connectivity index is 4.45. The van der Waals surface area contributed by atoms with Crippen LogP contribution in [0.1, 0.15) is 27.2 Å². The van der Waals surface area contributed by atoms with Crippen LogP contribution in [0, 0.1) is 0 Å². The monoisotopic (exact) mass is 270 g/mol. The van der Waals surface area contributed by atoms with Crippen molar-refractivity contribution in [3.63, 3.8) is 0 Å². The Labute approximate surface area is 105 Å². The van der Waals surface area contributed by atoms with Gasteiger partial charge in [0.2, 0.25) is 0 Å². The fraction of sp³-hybridized carbons (Fsp3) is 0.909. The number of rotatable bonds is 8. The van der Waals surface area contributed by atoms with Crippen LogP contribution >= 0.6 is 0 Å². The molecule has 0 saturated heterocycles. The van der Waals surface area contributed by atoms with Crippen LogP contribution in [0.4, 0.5) is 13.2 Å². The summed E-state index contributed by atoms with van der Waals surface area (Å²) in [5, 5.41) is 11.9. The molecule has 0 radical (unpaired) electrons. The molecule has 0 saturated carbocycles. The quantitative estimate of drug-likeness (QED) is 0.705. The van der Waals surface area contributed by atoms with E-state index in [1.54, 1.807) is 13.8 Å². The van der Waals surface area contributed by atoms with Crippen LogP contribution in [0.15, 0.2) is 0 Å². The normalized spacial score (nSPS) is 15.7. The van der Waals surface area contributed by atoms with E-state index in [9.17, 15) is 18.0 Å². The van der Waals surface area contributed by atoms with Crippen LogP contribution in [-0.4, -0.2) is 53.9 Å². The zero-order chi connectivity index (χ0) is 14.4. The number of nitrogens with one attached hydrogen (secondary N) is 1. The van der Waals surface area contributed by atoms with Gasteiger partial charge in [0, 0.05) is 6.54 Å². The van der Waals surface area contributed by atoms with E-state index in [0.29, 0.717) is 6.54 Å². The molecule has 2 N–H and O–H groups in total. The second kappa shape index (κ2) is 6.94. The minimum absolute atomic E-state index is 0.0891. The minimum atomic E-state index is -4.26. The molecule has 0 aromatic rings. The number of aliphatic carboxylic acids is 1. The van der Waals surface area contributed by atoms with E-state index in [0.717, 1.165) is 0 Å². The van der Waals surface area contributed by atoms with Crippen molar-refractivity contribution in [2.45, 2.75) is 38.9 Å². The molecule has 0 aliphatic carbocycles. The van der Waals surface area contributed by atoms with Crippen molar-refractivity contribution in [2.24, 2.45) is 0 Å². The van der Waals surface area contributed by atoms with Crippen molar-refractivity contribution in [1.82, 2.24) is 10.2 Å². The van der Waals surface area contributed by atoms with E-state index < -0.39 is 24.2 Å². The lowest BCUT2D eigenvalue weighted by Gasteiger charge is -2.29. The Morgan fingerprint density at radius 2 is 1.89 bits per heavy atom. The van der Waals surface area contributed by atoms with Gasteiger partial charge >= 0.3 is 12.1 Å². The Morgan fingerprint density at radius 1 is 1.33 bits per heavy atom. The first-order valence-electron chi connectivity index (χ1n) is 5.92. The Hall–Kier alpha value is -0.820. The number of nitrogens with zero attached hydrogens (tertiary/aromatic N) is 1. The molecule has 0 heterocycles. The zero-order valence-corrected chi connectivity index (χ0v) is 11.0. The number of hydrogen-bond acceptors (Lipinski definition) is 3. The maximum atomic E-state index is 12.2. The number of carbonyl (C=O) groups is 1. The fourth-order valence-corrected chi connectivity index (χ4v) is 1.65. The minimum Gasteiger partial charge on any atom is -0.480 e. The van der Waals surface area contributed by atoms with Crippen molar-refractivity contribution in [3.05, 3.63) is 0 Å². The molecule has 108 valence electrons. The summed E-state index contributed by atoms with van der Waals surface area (Å²) in [6.45, 7) is 4.64. The SMILES string of the molecule is CCNC(C)(CCN(CC)CC(F)(F)F)C(=O)O. The van der Waals surface area contributed by atoms with Crippen LogP contribution in [0.5, 0.6) is 0 Å². The van der Waals surface area contributed by atoms with Crippen LogP contribution in [0.2, 0.25) is 0 Å². The Morgan fingerprint density at radius 3 is 2.22 bits per heavy atom. The van der Waals surface area contributed by atoms with Crippen molar-refractivity contribution in [3.8, 4) is 0 Å². The maximum absolute atomic E-state index is 12.2. The molecule has 0 aromatic heterocycles. The van der Waals surface area contributed by atoms with Gasteiger partial charge in [-0.2, -0.15) is 13.2 Å². The predicted molar refractivity (Wildman–Crippen MR) is 62.5 cm³/mol. The molecule has 7 heteroatoms. The van der Waals surface area contributed by atoms with Gasteiger partial charge in [-0.05, 0) is 26.4 Å². The third-order valence-electron chi connectivity index (χ3n) is 2.82. The van der Waals surface area contributed by atoms with Gasteiger partial charge in [-0.3, -0.25) is 9.69 Å². The average Bonchev–Trinajstić information content (AvgIpc) is 2.22. The Bertz CT molecular complexity index is 272. The van der Waals surface area contributed by atoms with Crippen LogP contribution in [0.3, 0.4) is 0 Å². The highest BCUT2D eigenvalue weighted by Gasteiger charge is 2.34. The molecule has 0 rings (SSSR count). The standard InChI is InChI=1S/C11H21F3N2O2/c1-4-15-10(3,9(17)18)6-7-16(5-2)8-11(12,13)14/h15H,4-8H2,1-3H3,(H,17,18). The van der Waals surface area contributed by atoms with Gasteiger partial charge in [0.1, 0.15) is 5.54 Å². The van der Waals surface area contributed by atoms with Crippen LogP contribution < -0.4 is 5.32 Å². The number of carboxylic acid groups (broad SMARTS) is 1. The summed E-state index contributed by atoms with van der Waals surface area (Å²) in [4.78, 5) is 12.3. The second-order valence-corrected chi connectivity index (χ2v) is 4.40. The number of likely N-dealkylation sites (N-methyl/N-ethyl adjacent to an activating group) is 1. The van der Waals surface area contributed by atoms with Crippen molar-refractivity contribution in [2.75, 3.05) is 26.2 Å². The van der Waals surface area contributed by atoms with Gasteiger partial charge in [-0.1, -0.05) is 13.8 Å². The van der Waals surface area contributed by atoms with Crippen molar-refractivity contribution < 1.29 is 23.1 Å². The molecule has 0 fully saturated rings. The molecule has 0 amide bonds. The third-order valence-corrected chi connectivity index (χ3v) is 2.82. The van der Waals surface area contributed by atoms with Crippen molar-refractivity contribution in [1.29, 1.82) is 0 Å². The summed E-state index contributed by atoms with van der Waals surface area (Å²) in [7, 11) is 0. The van der Waals surface area contributed by atoms with E-state index in [-0.39, 0.29) is 19.5 Å². The summed E-state index contributed by atoms with van der Waals surface area (Å²) in [6, 6.07) is 0. The van der Waals surface area contributed by atoms with Gasteiger partial charge in [-0.15, -0.1) is 0 Å². The van der Waals surface area contributed by atoms with E-state index in [2.05, 4.69) is 5.32 Å². The third kappa shape index (κ3) is 6.20. The lowest BCUT2D eigenvalue weighted by atomic mass is 9.97. The van der Waals surface area contributed by atoms with E-state index >= 15 is 0 Å². The highest BCUT2D eigenvalue weighted by molar-refractivity contribution is 5.78. The molecule has 1 atom stereocenters. The summed E-state index contributed by atoms with van der Waals surface area (Å²) in [5.41, 5.74) is -1.19. The van der Waals surface area contributed by atoms with E-state index in [1.165, 1.54) is 11.8 Å². The zero-order valence-electron chi connectivity index (χ0n) is 11.0. The first kappa shape index (κ1) is 17.2. The molecule has 0 aliphatic heterocycles. The smallest absolute Gasteiger partial charge is 0.401 e. The van der Waals surface area contributed by atoms with Gasteiger partial charge in [0.05, 0.1) is 6.54 Å². The first-order chi connectivity index (χ1) is 8.14. The predicted octanol–water partition coefficient (Wildman–Crippen LogP) is 1.71. The molecule has 0 bridgehead atoms. The molecule has 4 nitrogen and oxygen atoms in total. The van der Waals surface area contributed by atoms with Crippen LogP contribution in [0.25, 0.3) is 0 Å². The van der Waals surface area contributed by atoms with Gasteiger partial charge in [0.15, 0.2) is 0 Å². The molecule has 1 unspecified atom stereocenters.